The van der Waals surface area contributed by atoms with E-state index < -0.39 is 17.8 Å². The third-order valence-electron chi connectivity index (χ3n) is 3.54. The Morgan fingerprint density at radius 2 is 2.04 bits per heavy atom. The molecule has 2 amide bonds. The van der Waals surface area contributed by atoms with Crippen molar-refractivity contribution in [2.24, 2.45) is 0 Å². The number of amides is 2. The second-order valence-electron chi connectivity index (χ2n) is 4.97. The van der Waals surface area contributed by atoms with Crippen LogP contribution >= 0.6 is 11.3 Å². The molecule has 7 nitrogen and oxygen atoms in total. The van der Waals surface area contributed by atoms with Crippen LogP contribution in [0.1, 0.15) is 15.2 Å². The molecule has 2 heterocycles. The minimum atomic E-state index is -0.770. The Bertz CT molecular complexity index is 968. The highest BCUT2D eigenvalue weighted by molar-refractivity contribution is 7.12. The maximum Gasteiger partial charge on any atom is 0.350 e. The van der Waals surface area contributed by atoms with E-state index in [1.807, 2.05) is 0 Å². The number of rotatable bonds is 3. The Hall–Kier alpha value is -3.44. The molecule has 124 valence electrons. The van der Waals surface area contributed by atoms with Gasteiger partial charge in [0.15, 0.2) is 0 Å². The normalized spacial score (nSPS) is 14.2. The van der Waals surface area contributed by atoms with Gasteiger partial charge in [-0.15, -0.1) is 11.3 Å². The zero-order chi connectivity index (χ0) is 18.0. The molecule has 1 aliphatic heterocycles. The van der Waals surface area contributed by atoms with Crippen molar-refractivity contribution in [2.75, 3.05) is 17.7 Å². The predicted octanol–water partition coefficient (Wildman–Crippen LogP) is 2.40. The summed E-state index contributed by atoms with van der Waals surface area (Å²) in [6.45, 7) is 0. The first-order valence-electron chi connectivity index (χ1n) is 7.09. The first kappa shape index (κ1) is 16.4. The summed E-state index contributed by atoms with van der Waals surface area (Å²) in [5, 5.41) is 16.1. The lowest BCUT2D eigenvalue weighted by Crippen LogP contribution is -2.18. The van der Waals surface area contributed by atoms with Gasteiger partial charge in [0.05, 0.1) is 18.4 Å². The van der Waals surface area contributed by atoms with E-state index in [9.17, 15) is 19.6 Å². The van der Waals surface area contributed by atoms with Gasteiger partial charge in [0.25, 0.3) is 11.8 Å². The standard InChI is InChI=1S/C17H11N3O4S/c1-24-17(23)14-12(6-7-25-14)20-15(21)10(8-18)13-9-4-2-3-5-11(9)19-16(13)22/h2-7H,1H3,(H,19,22)(H,20,21). The van der Waals surface area contributed by atoms with E-state index in [2.05, 4.69) is 15.4 Å². The van der Waals surface area contributed by atoms with Crippen LogP contribution in [0, 0.1) is 11.3 Å². The van der Waals surface area contributed by atoms with Crippen LogP contribution in [0.5, 0.6) is 0 Å². The number of thiophene rings is 1. The van der Waals surface area contributed by atoms with Gasteiger partial charge in [-0.1, -0.05) is 18.2 Å². The van der Waals surface area contributed by atoms with Crippen LogP contribution < -0.4 is 10.6 Å². The largest absolute Gasteiger partial charge is 0.465 e. The van der Waals surface area contributed by atoms with Gasteiger partial charge in [0, 0.05) is 11.3 Å². The van der Waals surface area contributed by atoms with Crippen molar-refractivity contribution in [3.63, 3.8) is 0 Å². The molecule has 0 unspecified atom stereocenters. The van der Waals surface area contributed by atoms with Crippen LogP contribution in [0.15, 0.2) is 41.3 Å². The SMILES string of the molecule is COC(=O)c1sccc1NC(=O)C(C#N)=C1C(=O)Nc2ccccc21. The van der Waals surface area contributed by atoms with Crippen LogP contribution in [0.25, 0.3) is 5.57 Å². The summed E-state index contributed by atoms with van der Waals surface area (Å²) in [6, 6.07) is 10.1. The van der Waals surface area contributed by atoms with Crippen LogP contribution in [0.3, 0.4) is 0 Å². The highest BCUT2D eigenvalue weighted by Crippen LogP contribution is 2.34. The molecule has 0 aliphatic carbocycles. The minimum absolute atomic E-state index is 0.00504. The fourth-order valence-corrected chi connectivity index (χ4v) is 3.19. The van der Waals surface area contributed by atoms with Gasteiger partial charge < -0.3 is 15.4 Å². The number of fused-ring (bicyclic) bond motifs is 1. The number of carbonyl (C=O) groups excluding carboxylic acids is 3. The number of nitrogens with zero attached hydrogens (tertiary/aromatic N) is 1. The number of carbonyl (C=O) groups is 3. The van der Waals surface area contributed by atoms with Crippen molar-refractivity contribution in [3.8, 4) is 6.07 Å². The molecule has 0 spiro atoms. The van der Waals surface area contributed by atoms with Gasteiger partial charge in [-0.2, -0.15) is 5.26 Å². The average molecular weight is 353 g/mol. The maximum atomic E-state index is 12.5. The molecule has 2 N–H and O–H groups in total. The monoisotopic (exact) mass is 353 g/mol. The molecule has 0 saturated heterocycles. The maximum absolute atomic E-state index is 12.5. The van der Waals surface area contributed by atoms with Crippen molar-refractivity contribution in [1.29, 1.82) is 5.26 Å². The number of methoxy groups -OCH3 is 1. The molecule has 2 aromatic rings. The van der Waals surface area contributed by atoms with E-state index in [4.69, 9.17) is 0 Å². The van der Waals surface area contributed by atoms with Crippen molar-refractivity contribution >= 4 is 46.1 Å². The summed E-state index contributed by atoms with van der Waals surface area (Å²) >= 11 is 1.10. The molecule has 3 rings (SSSR count). The third-order valence-corrected chi connectivity index (χ3v) is 4.44. The van der Waals surface area contributed by atoms with Gasteiger partial charge >= 0.3 is 5.97 Å². The molecule has 1 aliphatic rings. The number of anilines is 2. The molecule has 8 heteroatoms. The number of benzene rings is 1. The van der Waals surface area contributed by atoms with E-state index in [0.29, 0.717) is 11.3 Å². The van der Waals surface area contributed by atoms with Crippen molar-refractivity contribution in [3.05, 3.63) is 51.7 Å². The van der Waals surface area contributed by atoms with Gasteiger partial charge in [-0.05, 0) is 17.5 Å². The molecule has 0 fully saturated rings. The third kappa shape index (κ3) is 2.88. The van der Waals surface area contributed by atoms with E-state index in [-0.39, 0.29) is 21.7 Å². The van der Waals surface area contributed by atoms with Crippen LogP contribution in [-0.4, -0.2) is 24.9 Å². The predicted molar refractivity (Wildman–Crippen MR) is 91.9 cm³/mol. The highest BCUT2D eigenvalue weighted by atomic mass is 32.1. The zero-order valence-corrected chi connectivity index (χ0v) is 13.8. The molecule has 0 atom stereocenters. The van der Waals surface area contributed by atoms with E-state index in [1.54, 1.807) is 35.7 Å². The van der Waals surface area contributed by atoms with E-state index in [1.165, 1.54) is 13.2 Å². The summed E-state index contributed by atoms with van der Waals surface area (Å²) < 4.78 is 4.65. The lowest BCUT2D eigenvalue weighted by atomic mass is 10.0. The molecular weight excluding hydrogens is 342 g/mol. The summed E-state index contributed by atoms with van der Waals surface area (Å²) in [6.07, 6.45) is 0. The lowest BCUT2D eigenvalue weighted by molar-refractivity contribution is -0.113. The van der Waals surface area contributed by atoms with Crippen LogP contribution in [0.4, 0.5) is 11.4 Å². The second-order valence-corrected chi connectivity index (χ2v) is 5.89. The number of esters is 1. The highest BCUT2D eigenvalue weighted by Gasteiger charge is 2.30. The molecule has 1 aromatic heterocycles. The van der Waals surface area contributed by atoms with E-state index >= 15 is 0 Å². The van der Waals surface area contributed by atoms with Gasteiger partial charge in [0.2, 0.25) is 0 Å². The second kappa shape index (κ2) is 6.59. The first-order valence-corrected chi connectivity index (χ1v) is 7.97. The zero-order valence-electron chi connectivity index (χ0n) is 13.0. The van der Waals surface area contributed by atoms with Crippen LogP contribution in [-0.2, 0) is 14.3 Å². The molecule has 0 saturated carbocycles. The lowest BCUT2D eigenvalue weighted by Gasteiger charge is -2.06. The van der Waals surface area contributed by atoms with Crippen LogP contribution in [0.2, 0.25) is 0 Å². The van der Waals surface area contributed by atoms with E-state index in [0.717, 1.165) is 11.3 Å². The Balaban J connectivity index is 1.99. The Morgan fingerprint density at radius 3 is 2.76 bits per heavy atom. The number of nitriles is 1. The smallest absolute Gasteiger partial charge is 0.350 e. The summed E-state index contributed by atoms with van der Waals surface area (Å²) in [7, 11) is 1.23. The summed E-state index contributed by atoms with van der Waals surface area (Å²) in [4.78, 5) is 36.6. The van der Waals surface area contributed by atoms with Crippen molar-refractivity contribution in [2.45, 2.75) is 0 Å². The molecule has 1 aromatic carbocycles. The average Bonchev–Trinajstić information content (AvgIpc) is 3.19. The number of nitrogens with one attached hydrogen (secondary N) is 2. The molecule has 0 radical (unpaired) electrons. The fourth-order valence-electron chi connectivity index (χ4n) is 2.43. The van der Waals surface area contributed by atoms with Crippen molar-refractivity contribution < 1.29 is 19.1 Å². The molecule has 0 bridgehead atoms. The Labute approximate surface area is 146 Å². The quantitative estimate of drug-likeness (QED) is 0.500. The topological polar surface area (TPSA) is 108 Å². The molecular formula is C17H11N3O4S. The number of para-hydroxylation sites is 1. The van der Waals surface area contributed by atoms with Gasteiger partial charge in [-0.25, -0.2) is 4.79 Å². The fraction of sp³-hybridized carbons (Fsp3) is 0.0588. The van der Waals surface area contributed by atoms with Crippen molar-refractivity contribution in [1.82, 2.24) is 0 Å². The Kier molecular flexibility index (Phi) is 4.33. The van der Waals surface area contributed by atoms with Gasteiger partial charge in [-0.3, -0.25) is 9.59 Å². The van der Waals surface area contributed by atoms with Gasteiger partial charge in [0.1, 0.15) is 16.5 Å². The number of ether oxygens (including phenoxy) is 1. The summed E-state index contributed by atoms with van der Waals surface area (Å²) in [5.41, 5.74) is 0.920. The first-order chi connectivity index (χ1) is 12.1. The molecule has 25 heavy (non-hydrogen) atoms. The Morgan fingerprint density at radius 1 is 1.28 bits per heavy atom. The number of hydrogen-bond acceptors (Lipinski definition) is 6. The summed E-state index contributed by atoms with van der Waals surface area (Å²) in [5.74, 6) is -1.89. The minimum Gasteiger partial charge on any atom is -0.465 e. The number of hydrogen-bond donors (Lipinski definition) is 2.